The Bertz CT molecular complexity index is 855. The highest BCUT2D eigenvalue weighted by molar-refractivity contribution is 5.93. The lowest BCUT2D eigenvalue weighted by Gasteiger charge is -2.24. The molecule has 0 atom stereocenters. The SMILES string of the molecule is Nc1nc(NC2CCCCC2)c2c(F)cc(-c3ccn[nH]3)cc2n1. The molecule has 0 radical (unpaired) electrons. The molecule has 124 valence electrons. The smallest absolute Gasteiger partial charge is 0.222 e. The summed E-state index contributed by atoms with van der Waals surface area (Å²) in [6, 6.07) is 5.37. The molecule has 1 aliphatic carbocycles. The van der Waals surface area contributed by atoms with Gasteiger partial charge in [0.25, 0.3) is 0 Å². The third-order valence-corrected chi connectivity index (χ3v) is 4.53. The van der Waals surface area contributed by atoms with Crippen LogP contribution < -0.4 is 11.1 Å². The Labute approximate surface area is 138 Å². The van der Waals surface area contributed by atoms with E-state index in [-0.39, 0.29) is 11.8 Å². The van der Waals surface area contributed by atoms with Crippen molar-refractivity contribution in [2.24, 2.45) is 0 Å². The Morgan fingerprint density at radius 2 is 2.00 bits per heavy atom. The summed E-state index contributed by atoms with van der Waals surface area (Å²) in [5.41, 5.74) is 7.75. The molecule has 1 aliphatic rings. The first kappa shape index (κ1) is 14.9. The topological polar surface area (TPSA) is 92.5 Å². The van der Waals surface area contributed by atoms with Crippen LogP contribution >= 0.6 is 0 Å². The number of fused-ring (bicyclic) bond motifs is 1. The van der Waals surface area contributed by atoms with Crippen molar-refractivity contribution in [3.63, 3.8) is 0 Å². The normalized spacial score (nSPS) is 15.7. The molecule has 1 fully saturated rings. The number of hydrogen-bond acceptors (Lipinski definition) is 5. The standard InChI is InChI=1S/C17H19FN6/c18-12-8-10(13-6-7-20-24-13)9-14-15(12)16(23-17(19)22-14)21-11-4-2-1-3-5-11/h6-9,11H,1-5H2,(H,20,24)(H3,19,21,22,23). The van der Waals surface area contributed by atoms with Crippen LogP contribution in [-0.4, -0.2) is 26.2 Å². The van der Waals surface area contributed by atoms with Gasteiger partial charge in [0.2, 0.25) is 5.95 Å². The van der Waals surface area contributed by atoms with E-state index in [1.54, 1.807) is 18.3 Å². The summed E-state index contributed by atoms with van der Waals surface area (Å²) in [4.78, 5) is 8.46. The Balaban J connectivity index is 1.79. The summed E-state index contributed by atoms with van der Waals surface area (Å²) in [5.74, 6) is 0.260. The molecule has 0 amide bonds. The van der Waals surface area contributed by atoms with Crippen LogP contribution in [0.2, 0.25) is 0 Å². The molecule has 1 saturated carbocycles. The number of nitrogens with one attached hydrogen (secondary N) is 2. The zero-order valence-corrected chi connectivity index (χ0v) is 13.2. The highest BCUT2D eigenvalue weighted by atomic mass is 19.1. The van der Waals surface area contributed by atoms with Crippen LogP contribution in [0, 0.1) is 5.82 Å². The van der Waals surface area contributed by atoms with E-state index >= 15 is 0 Å². The number of hydrogen-bond donors (Lipinski definition) is 3. The monoisotopic (exact) mass is 326 g/mol. The van der Waals surface area contributed by atoms with E-state index < -0.39 is 0 Å². The third kappa shape index (κ3) is 2.77. The molecule has 2 aromatic heterocycles. The highest BCUT2D eigenvalue weighted by Gasteiger charge is 2.18. The largest absolute Gasteiger partial charge is 0.368 e. The van der Waals surface area contributed by atoms with Crippen molar-refractivity contribution in [2.45, 2.75) is 38.1 Å². The molecule has 7 heteroatoms. The van der Waals surface area contributed by atoms with E-state index in [1.807, 2.05) is 0 Å². The number of anilines is 2. The van der Waals surface area contributed by atoms with Crippen molar-refractivity contribution in [3.8, 4) is 11.3 Å². The van der Waals surface area contributed by atoms with Gasteiger partial charge in [0.05, 0.1) is 16.6 Å². The molecule has 6 nitrogen and oxygen atoms in total. The number of nitrogens with two attached hydrogens (primary N) is 1. The molecular formula is C17H19FN6. The van der Waals surface area contributed by atoms with Crippen LogP contribution in [0.4, 0.5) is 16.2 Å². The van der Waals surface area contributed by atoms with Gasteiger partial charge < -0.3 is 11.1 Å². The number of aromatic nitrogens is 4. The number of nitrogens with zero attached hydrogens (tertiary/aromatic N) is 3. The first-order valence-corrected chi connectivity index (χ1v) is 8.24. The fourth-order valence-electron chi connectivity index (χ4n) is 3.35. The number of nitrogen functional groups attached to an aromatic ring is 1. The number of H-pyrrole nitrogens is 1. The lowest BCUT2D eigenvalue weighted by molar-refractivity contribution is 0.462. The van der Waals surface area contributed by atoms with Crippen molar-refractivity contribution >= 4 is 22.7 Å². The molecule has 0 aliphatic heterocycles. The van der Waals surface area contributed by atoms with Gasteiger partial charge in [0, 0.05) is 17.8 Å². The summed E-state index contributed by atoms with van der Waals surface area (Å²) in [7, 11) is 0. The van der Waals surface area contributed by atoms with Gasteiger partial charge >= 0.3 is 0 Å². The van der Waals surface area contributed by atoms with E-state index in [9.17, 15) is 4.39 Å². The number of rotatable bonds is 3. The van der Waals surface area contributed by atoms with Gasteiger partial charge in [-0.25, -0.2) is 9.37 Å². The van der Waals surface area contributed by atoms with Crippen molar-refractivity contribution in [3.05, 3.63) is 30.2 Å². The van der Waals surface area contributed by atoms with Crippen LogP contribution in [0.3, 0.4) is 0 Å². The van der Waals surface area contributed by atoms with E-state index in [2.05, 4.69) is 25.5 Å². The van der Waals surface area contributed by atoms with Gasteiger partial charge in [-0.05, 0) is 31.0 Å². The number of halogens is 1. The van der Waals surface area contributed by atoms with Crippen LogP contribution in [0.15, 0.2) is 24.4 Å². The lowest BCUT2D eigenvalue weighted by atomic mass is 9.95. The van der Waals surface area contributed by atoms with Gasteiger partial charge in [-0.15, -0.1) is 0 Å². The Kier molecular flexibility index (Phi) is 3.76. The summed E-state index contributed by atoms with van der Waals surface area (Å²) < 4.78 is 14.8. The first-order valence-electron chi connectivity index (χ1n) is 8.24. The van der Waals surface area contributed by atoms with E-state index in [1.165, 1.54) is 25.3 Å². The zero-order valence-electron chi connectivity index (χ0n) is 13.2. The van der Waals surface area contributed by atoms with Gasteiger partial charge in [0.15, 0.2) is 0 Å². The molecule has 1 aromatic carbocycles. The molecule has 24 heavy (non-hydrogen) atoms. The minimum absolute atomic E-state index is 0.141. The maximum absolute atomic E-state index is 14.8. The first-order chi connectivity index (χ1) is 11.7. The second-order valence-electron chi connectivity index (χ2n) is 6.23. The predicted molar refractivity (Wildman–Crippen MR) is 92.0 cm³/mol. The average molecular weight is 326 g/mol. The number of aromatic amines is 1. The second kappa shape index (κ2) is 6.07. The summed E-state index contributed by atoms with van der Waals surface area (Å²) in [5, 5.41) is 10.5. The Hall–Kier alpha value is -2.70. The number of benzene rings is 1. The molecule has 0 unspecified atom stereocenters. The van der Waals surface area contributed by atoms with Gasteiger partial charge in [-0.3, -0.25) is 5.10 Å². The summed E-state index contributed by atoms with van der Waals surface area (Å²) >= 11 is 0. The van der Waals surface area contributed by atoms with Crippen molar-refractivity contribution in [1.29, 1.82) is 0 Å². The maximum atomic E-state index is 14.8. The van der Waals surface area contributed by atoms with Crippen LogP contribution in [0.25, 0.3) is 22.2 Å². The van der Waals surface area contributed by atoms with Crippen molar-refractivity contribution in [2.75, 3.05) is 11.1 Å². The fourth-order valence-corrected chi connectivity index (χ4v) is 3.35. The summed E-state index contributed by atoms with van der Waals surface area (Å²) in [6.45, 7) is 0. The van der Waals surface area contributed by atoms with E-state index in [0.717, 1.165) is 18.5 Å². The Morgan fingerprint density at radius 3 is 2.75 bits per heavy atom. The van der Waals surface area contributed by atoms with Gasteiger partial charge in [-0.1, -0.05) is 19.3 Å². The highest BCUT2D eigenvalue weighted by Crippen LogP contribution is 2.31. The molecular weight excluding hydrogens is 307 g/mol. The minimum Gasteiger partial charge on any atom is -0.368 e. The second-order valence-corrected chi connectivity index (χ2v) is 6.23. The van der Waals surface area contributed by atoms with Gasteiger partial charge in [-0.2, -0.15) is 10.1 Å². The van der Waals surface area contributed by atoms with E-state index in [4.69, 9.17) is 5.73 Å². The van der Waals surface area contributed by atoms with E-state index in [0.29, 0.717) is 28.3 Å². The quantitative estimate of drug-likeness (QED) is 0.685. The molecule has 4 rings (SSSR count). The van der Waals surface area contributed by atoms with Crippen molar-refractivity contribution < 1.29 is 4.39 Å². The molecule has 3 aromatic rings. The predicted octanol–water partition coefficient (Wildman–Crippen LogP) is 3.49. The zero-order chi connectivity index (χ0) is 16.5. The average Bonchev–Trinajstić information content (AvgIpc) is 3.09. The molecule has 0 spiro atoms. The van der Waals surface area contributed by atoms with Gasteiger partial charge in [0.1, 0.15) is 11.6 Å². The van der Waals surface area contributed by atoms with Crippen molar-refractivity contribution in [1.82, 2.24) is 20.2 Å². The van der Waals surface area contributed by atoms with Crippen LogP contribution in [0.1, 0.15) is 32.1 Å². The maximum Gasteiger partial charge on any atom is 0.222 e. The molecule has 4 N–H and O–H groups in total. The molecule has 2 heterocycles. The summed E-state index contributed by atoms with van der Waals surface area (Å²) in [6.07, 6.45) is 7.39. The Morgan fingerprint density at radius 1 is 1.17 bits per heavy atom. The fraction of sp³-hybridized carbons (Fsp3) is 0.353. The third-order valence-electron chi connectivity index (χ3n) is 4.53. The van der Waals surface area contributed by atoms with Crippen LogP contribution in [0.5, 0.6) is 0 Å². The minimum atomic E-state index is -0.365. The lowest BCUT2D eigenvalue weighted by Crippen LogP contribution is -2.23. The molecule has 0 bridgehead atoms. The molecule has 0 saturated heterocycles. The van der Waals surface area contributed by atoms with Crippen LogP contribution in [-0.2, 0) is 0 Å².